The zero-order chi connectivity index (χ0) is 19.7. The van der Waals surface area contributed by atoms with E-state index in [1.807, 2.05) is 0 Å². The lowest BCUT2D eigenvalue weighted by atomic mass is 10.0. The summed E-state index contributed by atoms with van der Waals surface area (Å²) in [5.74, 6) is -2.88. The number of rotatable bonds is 4. The van der Waals surface area contributed by atoms with Gasteiger partial charge in [-0.1, -0.05) is 23.7 Å². The predicted molar refractivity (Wildman–Crippen MR) is 98.7 cm³/mol. The highest BCUT2D eigenvalue weighted by atomic mass is 35.5. The number of fused-ring (bicyclic) bond motifs is 1. The lowest BCUT2D eigenvalue weighted by Gasteiger charge is -2.18. The van der Waals surface area contributed by atoms with Crippen LogP contribution in [0.4, 0.5) is 8.78 Å². The molecule has 0 fully saturated rings. The molecule has 2 atom stereocenters. The minimum Gasteiger partial charge on any atom is -0.349 e. The SMILES string of the molecule is C[C@H](NC(=O)[C@@H](C)c1nc2c(Cl)cccc2[nH]c1=O)c1ccc(F)cc1F. The Labute approximate surface area is 158 Å². The number of carbonyl (C=O) groups is 1. The first kappa shape index (κ1) is 19.0. The number of aromatic nitrogens is 2. The zero-order valence-electron chi connectivity index (χ0n) is 14.5. The highest BCUT2D eigenvalue weighted by Crippen LogP contribution is 2.22. The number of nitrogens with zero attached hydrogens (tertiary/aromatic N) is 1. The molecule has 3 rings (SSSR count). The van der Waals surface area contributed by atoms with E-state index in [9.17, 15) is 18.4 Å². The highest BCUT2D eigenvalue weighted by Gasteiger charge is 2.23. The Balaban J connectivity index is 1.87. The molecule has 2 aromatic carbocycles. The maximum Gasteiger partial charge on any atom is 0.270 e. The fourth-order valence-corrected chi connectivity index (χ4v) is 2.99. The van der Waals surface area contributed by atoms with Gasteiger partial charge >= 0.3 is 0 Å². The Morgan fingerprint density at radius 2 is 1.96 bits per heavy atom. The molecule has 1 amide bonds. The monoisotopic (exact) mass is 391 g/mol. The Bertz CT molecular complexity index is 1080. The lowest BCUT2D eigenvalue weighted by Crippen LogP contribution is -2.34. The Hall–Kier alpha value is -2.80. The third-order valence-corrected chi connectivity index (χ3v) is 4.60. The molecule has 0 unspecified atom stereocenters. The zero-order valence-corrected chi connectivity index (χ0v) is 15.3. The van der Waals surface area contributed by atoms with Gasteiger partial charge in [-0.25, -0.2) is 13.8 Å². The van der Waals surface area contributed by atoms with E-state index in [0.29, 0.717) is 16.1 Å². The van der Waals surface area contributed by atoms with E-state index in [0.717, 1.165) is 12.1 Å². The Morgan fingerprint density at radius 3 is 2.67 bits per heavy atom. The van der Waals surface area contributed by atoms with Crippen LogP contribution in [0, 0.1) is 11.6 Å². The first-order chi connectivity index (χ1) is 12.8. The van der Waals surface area contributed by atoms with E-state index >= 15 is 0 Å². The van der Waals surface area contributed by atoms with Crippen molar-refractivity contribution in [1.29, 1.82) is 0 Å². The Morgan fingerprint density at radius 1 is 1.22 bits per heavy atom. The van der Waals surface area contributed by atoms with Crippen molar-refractivity contribution in [1.82, 2.24) is 15.3 Å². The van der Waals surface area contributed by atoms with Crippen LogP contribution in [0.2, 0.25) is 5.02 Å². The molecule has 0 radical (unpaired) electrons. The summed E-state index contributed by atoms with van der Waals surface area (Å²) in [7, 11) is 0. The number of hydrogen-bond acceptors (Lipinski definition) is 3. The maximum atomic E-state index is 13.9. The van der Waals surface area contributed by atoms with Crippen molar-refractivity contribution in [3.8, 4) is 0 Å². The molecular formula is C19H16ClF2N3O2. The third-order valence-electron chi connectivity index (χ3n) is 4.29. The summed E-state index contributed by atoms with van der Waals surface area (Å²) >= 11 is 6.10. The number of nitrogens with one attached hydrogen (secondary N) is 2. The van der Waals surface area contributed by atoms with Gasteiger partial charge in [0.2, 0.25) is 5.91 Å². The van der Waals surface area contributed by atoms with Crippen LogP contribution >= 0.6 is 11.6 Å². The van der Waals surface area contributed by atoms with E-state index in [2.05, 4.69) is 15.3 Å². The number of halogens is 3. The number of para-hydroxylation sites is 1. The fourth-order valence-electron chi connectivity index (χ4n) is 2.77. The van der Waals surface area contributed by atoms with Crippen molar-refractivity contribution in [3.05, 3.63) is 74.7 Å². The van der Waals surface area contributed by atoms with Crippen LogP contribution in [0.25, 0.3) is 11.0 Å². The van der Waals surface area contributed by atoms with Crippen molar-refractivity contribution in [2.24, 2.45) is 0 Å². The summed E-state index contributed by atoms with van der Waals surface area (Å²) in [5.41, 5.74) is 0.477. The van der Waals surface area contributed by atoms with Crippen LogP contribution in [0.5, 0.6) is 0 Å². The third kappa shape index (κ3) is 3.83. The summed E-state index contributed by atoms with van der Waals surface area (Å²) in [6.45, 7) is 3.08. The van der Waals surface area contributed by atoms with Gasteiger partial charge in [-0.05, 0) is 32.0 Å². The first-order valence-electron chi connectivity index (χ1n) is 8.21. The molecule has 0 bridgehead atoms. The van der Waals surface area contributed by atoms with Gasteiger partial charge in [-0.15, -0.1) is 0 Å². The predicted octanol–water partition coefficient (Wildman–Crippen LogP) is 3.84. The van der Waals surface area contributed by atoms with E-state index in [1.54, 1.807) is 25.1 Å². The van der Waals surface area contributed by atoms with Gasteiger partial charge in [-0.3, -0.25) is 9.59 Å². The van der Waals surface area contributed by atoms with Crippen LogP contribution in [0.1, 0.15) is 37.1 Å². The van der Waals surface area contributed by atoms with Crippen molar-refractivity contribution in [2.45, 2.75) is 25.8 Å². The second-order valence-corrected chi connectivity index (χ2v) is 6.61. The van der Waals surface area contributed by atoms with E-state index in [-0.39, 0.29) is 11.3 Å². The second-order valence-electron chi connectivity index (χ2n) is 6.20. The summed E-state index contributed by atoms with van der Waals surface area (Å²) in [5, 5.41) is 2.96. The van der Waals surface area contributed by atoms with E-state index in [4.69, 9.17) is 11.6 Å². The van der Waals surface area contributed by atoms with Crippen LogP contribution < -0.4 is 10.9 Å². The van der Waals surface area contributed by atoms with Gasteiger partial charge in [-0.2, -0.15) is 0 Å². The lowest BCUT2D eigenvalue weighted by molar-refractivity contribution is -0.122. The smallest absolute Gasteiger partial charge is 0.270 e. The number of aromatic amines is 1. The molecule has 1 heterocycles. The van der Waals surface area contributed by atoms with Gasteiger partial charge in [0.15, 0.2) is 0 Å². The number of carbonyl (C=O) groups excluding carboxylic acids is 1. The standard InChI is InChI=1S/C19H16ClF2N3O2/c1-9(16-19(27)24-15-5-3-4-13(20)17(15)25-16)18(26)23-10(2)12-7-6-11(21)8-14(12)22/h3-10H,1-2H3,(H,23,26)(H,24,27)/t9-,10-/m0/s1. The minimum absolute atomic E-state index is 0.000113. The number of hydrogen-bond donors (Lipinski definition) is 2. The van der Waals surface area contributed by atoms with Gasteiger partial charge < -0.3 is 10.3 Å². The largest absolute Gasteiger partial charge is 0.349 e. The summed E-state index contributed by atoms with van der Waals surface area (Å²) in [6, 6.07) is 7.37. The molecule has 1 aromatic heterocycles. The second kappa shape index (κ2) is 7.44. The molecule has 0 aliphatic carbocycles. The normalized spacial score (nSPS) is 13.4. The quantitative estimate of drug-likeness (QED) is 0.709. The molecule has 2 N–H and O–H groups in total. The van der Waals surface area contributed by atoms with E-state index < -0.39 is 35.1 Å². The maximum absolute atomic E-state index is 13.9. The van der Waals surface area contributed by atoms with E-state index in [1.165, 1.54) is 13.0 Å². The minimum atomic E-state index is -0.902. The number of H-pyrrole nitrogens is 1. The fraction of sp³-hybridized carbons (Fsp3) is 0.211. The molecular weight excluding hydrogens is 376 g/mol. The molecule has 0 saturated heterocycles. The number of amides is 1. The van der Waals surface area contributed by atoms with Crippen molar-refractivity contribution >= 4 is 28.5 Å². The van der Waals surface area contributed by atoms with Gasteiger partial charge in [0.1, 0.15) is 22.8 Å². The molecule has 27 heavy (non-hydrogen) atoms. The van der Waals surface area contributed by atoms with Crippen LogP contribution in [0.15, 0.2) is 41.2 Å². The summed E-state index contributed by atoms with van der Waals surface area (Å²) in [6.07, 6.45) is 0. The van der Waals surface area contributed by atoms with Crippen LogP contribution in [-0.4, -0.2) is 15.9 Å². The molecule has 0 aliphatic rings. The molecule has 0 saturated carbocycles. The molecule has 3 aromatic rings. The van der Waals surface area contributed by atoms with Gasteiger partial charge in [0, 0.05) is 11.6 Å². The molecule has 5 nitrogen and oxygen atoms in total. The topological polar surface area (TPSA) is 74.8 Å². The van der Waals surface area contributed by atoms with Gasteiger partial charge in [0.25, 0.3) is 5.56 Å². The van der Waals surface area contributed by atoms with Crippen molar-refractivity contribution < 1.29 is 13.6 Å². The number of benzene rings is 2. The molecule has 140 valence electrons. The molecule has 0 aliphatic heterocycles. The highest BCUT2D eigenvalue weighted by molar-refractivity contribution is 6.34. The summed E-state index contributed by atoms with van der Waals surface area (Å²) < 4.78 is 26.9. The van der Waals surface area contributed by atoms with Crippen LogP contribution in [-0.2, 0) is 4.79 Å². The van der Waals surface area contributed by atoms with Gasteiger partial charge in [0.05, 0.1) is 22.5 Å². The first-order valence-corrected chi connectivity index (χ1v) is 8.59. The van der Waals surface area contributed by atoms with Crippen LogP contribution in [0.3, 0.4) is 0 Å². The average Bonchev–Trinajstić information content (AvgIpc) is 2.60. The Kier molecular flexibility index (Phi) is 5.23. The van der Waals surface area contributed by atoms with Crippen molar-refractivity contribution in [2.75, 3.05) is 0 Å². The molecule has 8 heteroatoms. The molecule has 0 spiro atoms. The summed E-state index contributed by atoms with van der Waals surface area (Å²) in [4.78, 5) is 31.7. The average molecular weight is 392 g/mol. The van der Waals surface area contributed by atoms with Crippen molar-refractivity contribution in [3.63, 3.8) is 0 Å².